The van der Waals surface area contributed by atoms with Gasteiger partial charge in [0.1, 0.15) is 11.5 Å². The van der Waals surface area contributed by atoms with Crippen molar-refractivity contribution in [2.75, 3.05) is 7.11 Å². The number of carbonyl (C=O) groups is 1. The van der Waals surface area contributed by atoms with Gasteiger partial charge in [0.2, 0.25) is 5.91 Å². The van der Waals surface area contributed by atoms with Gasteiger partial charge in [-0.25, -0.2) is 0 Å². The lowest BCUT2D eigenvalue weighted by molar-refractivity contribution is -0.157. The smallest absolute Gasteiger partial charge is 0.431 e. The molecular formula is C19H17F3N2O3. The number of methoxy groups -OCH3 is 1. The Hall–Kier alpha value is -2.87. The molecule has 0 radical (unpaired) electrons. The third-order valence-corrected chi connectivity index (χ3v) is 4.28. The molecule has 3 rings (SSSR count). The average Bonchev–Trinajstić information content (AvgIpc) is 3.02. The molecule has 2 aromatic rings. The van der Waals surface area contributed by atoms with E-state index >= 15 is 0 Å². The molecule has 1 aliphatic rings. The highest BCUT2D eigenvalue weighted by molar-refractivity contribution is 5.95. The SMILES string of the molecule is COc1cccc(C2(O)CC(C(F)(F)F)=NN2C(=O)Cc2ccccc2)c1. The second-order valence-corrected chi connectivity index (χ2v) is 6.14. The number of amides is 1. The van der Waals surface area contributed by atoms with Gasteiger partial charge in [-0.3, -0.25) is 4.79 Å². The molecule has 0 bridgehead atoms. The van der Waals surface area contributed by atoms with Gasteiger partial charge in [0.05, 0.1) is 20.0 Å². The Kier molecular flexibility index (Phi) is 4.93. The van der Waals surface area contributed by atoms with Gasteiger partial charge in [-0.2, -0.15) is 23.3 Å². The molecule has 0 saturated carbocycles. The van der Waals surface area contributed by atoms with E-state index < -0.39 is 29.9 Å². The number of benzene rings is 2. The fraction of sp³-hybridized carbons (Fsp3) is 0.263. The molecule has 1 aliphatic heterocycles. The maximum atomic E-state index is 13.2. The molecule has 0 aliphatic carbocycles. The van der Waals surface area contributed by atoms with Crippen LogP contribution in [0.2, 0.25) is 0 Å². The van der Waals surface area contributed by atoms with E-state index in [9.17, 15) is 23.1 Å². The van der Waals surface area contributed by atoms with Crippen LogP contribution >= 0.6 is 0 Å². The van der Waals surface area contributed by atoms with Gasteiger partial charge in [-0.1, -0.05) is 42.5 Å². The van der Waals surface area contributed by atoms with Crippen molar-refractivity contribution in [1.82, 2.24) is 5.01 Å². The third kappa shape index (κ3) is 3.80. The number of ether oxygens (including phenoxy) is 1. The first-order valence-electron chi connectivity index (χ1n) is 8.12. The lowest BCUT2D eigenvalue weighted by Gasteiger charge is -2.31. The summed E-state index contributed by atoms with van der Waals surface area (Å²) >= 11 is 0. The highest BCUT2D eigenvalue weighted by Crippen LogP contribution is 2.40. The molecule has 0 fully saturated rings. The summed E-state index contributed by atoms with van der Waals surface area (Å²) in [6, 6.07) is 14.5. The van der Waals surface area contributed by atoms with Crippen molar-refractivity contribution >= 4 is 11.6 Å². The largest absolute Gasteiger partial charge is 0.497 e. The molecule has 1 amide bonds. The van der Waals surface area contributed by atoms with Crippen molar-refractivity contribution in [3.05, 3.63) is 65.7 Å². The van der Waals surface area contributed by atoms with E-state index in [4.69, 9.17) is 4.74 Å². The first-order chi connectivity index (χ1) is 12.7. The van der Waals surface area contributed by atoms with Crippen LogP contribution < -0.4 is 4.74 Å². The number of hydrazone groups is 1. The number of hydrogen-bond donors (Lipinski definition) is 1. The summed E-state index contributed by atoms with van der Waals surface area (Å²) in [6.45, 7) is 0. The molecule has 8 heteroatoms. The minimum absolute atomic E-state index is 0.0891. The summed E-state index contributed by atoms with van der Waals surface area (Å²) in [6.07, 6.45) is -5.80. The molecule has 0 aromatic heterocycles. The summed E-state index contributed by atoms with van der Waals surface area (Å²) in [4.78, 5) is 12.7. The van der Waals surface area contributed by atoms with Crippen LogP contribution in [0, 0.1) is 0 Å². The van der Waals surface area contributed by atoms with Gasteiger partial charge < -0.3 is 9.84 Å². The molecule has 142 valence electrons. The fourth-order valence-corrected chi connectivity index (χ4v) is 2.91. The van der Waals surface area contributed by atoms with Crippen LogP contribution in [0.1, 0.15) is 17.5 Å². The van der Waals surface area contributed by atoms with Crippen molar-refractivity contribution in [2.24, 2.45) is 5.10 Å². The maximum absolute atomic E-state index is 13.2. The number of nitrogens with zero attached hydrogens (tertiary/aromatic N) is 2. The standard InChI is InChI=1S/C19H17F3N2O3/c1-27-15-9-5-8-14(11-15)18(26)12-16(19(20,21)22)23-24(18)17(25)10-13-6-3-2-4-7-13/h2-9,11,26H,10,12H2,1H3. The van der Waals surface area contributed by atoms with Crippen molar-refractivity contribution in [1.29, 1.82) is 0 Å². The van der Waals surface area contributed by atoms with E-state index in [1.165, 1.54) is 25.3 Å². The minimum Gasteiger partial charge on any atom is -0.497 e. The molecule has 27 heavy (non-hydrogen) atoms. The predicted octanol–water partition coefficient (Wildman–Crippen LogP) is 3.23. The molecule has 1 atom stereocenters. The van der Waals surface area contributed by atoms with Crippen LogP contribution in [-0.2, 0) is 16.9 Å². The molecule has 2 aromatic carbocycles. The number of alkyl halides is 3. The minimum atomic E-state index is -4.76. The second-order valence-electron chi connectivity index (χ2n) is 6.14. The van der Waals surface area contributed by atoms with Gasteiger partial charge in [-0.05, 0) is 17.7 Å². The molecular weight excluding hydrogens is 361 g/mol. The Morgan fingerprint density at radius 1 is 1.22 bits per heavy atom. The molecule has 1 N–H and O–H groups in total. The summed E-state index contributed by atoms with van der Waals surface area (Å²) in [5.74, 6) is -0.400. The maximum Gasteiger partial charge on any atom is 0.431 e. The lowest BCUT2D eigenvalue weighted by Crippen LogP contribution is -2.44. The Morgan fingerprint density at radius 2 is 1.93 bits per heavy atom. The summed E-state index contributed by atoms with van der Waals surface area (Å²) in [5, 5.41) is 15.0. The number of aliphatic hydroxyl groups is 1. The first kappa shape index (κ1) is 18.9. The van der Waals surface area contributed by atoms with E-state index in [-0.39, 0.29) is 12.0 Å². The van der Waals surface area contributed by atoms with Gasteiger partial charge in [0.15, 0.2) is 5.72 Å². The van der Waals surface area contributed by atoms with E-state index in [0.717, 1.165) is 0 Å². The predicted molar refractivity (Wildman–Crippen MR) is 92.0 cm³/mol. The number of halogens is 3. The monoisotopic (exact) mass is 378 g/mol. The second kappa shape index (κ2) is 7.03. The third-order valence-electron chi connectivity index (χ3n) is 4.28. The van der Waals surface area contributed by atoms with Crippen molar-refractivity contribution < 1.29 is 27.8 Å². The van der Waals surface area contributed by atoms with Crippen LogP contribution in [0.3, 0.4) is 0 Å². The summed E-state index contributed by atoms with van der Waals surface area (Å²) in [5.41, 5.74) is -2.77. The van der Waals surface area contributed by atoms with Crippen molar-refractivity contribution in [2.45, 2.75) is 24.7 Å². The van der Waals surface area contributed by atoms with Gasteiger partial charge in [-0.15, -0.1) is 0 Å². The number of rotatable bonds is 4. The number of carbonyl (C=O) groups excluding carboxylic acids is 1. The summed E-state index contributed by atoms with van der Waals surface area (Å²) in [7, 11) is 1.40. The average molecular weight is 378 g/mol. The highest BCUT2D eigenvalue weighted by atomic mass is 19.4. The Labute approximate surface area is 153 Å². The van der Waals surface area contributed by atoms with Crippen molar-refractivity contribution in [3.63, 3.8) is 0 Å². The zero-order chi connectivity index (χ0) is 19.7. The van der Waals surface area contributed by atoms with Crippen LogP contribution in [-0.4, -0.2) is 35.0 Å². The number of hydrogen-bond acceptors (Lipinski definition) is 4. The zero-order valence-corrected chi connectivity index (χ0v) is 14.4. The molecule has 5 nitrogen and oxygen atoms in total. The van der Waals surface area contributed by atoms with E-state index in [0.29, 0.717) is 16.3 Å². The highest BCUT2D eigenvalue weighted by Gasteiger charge is 2.53. The zero-order valence-electron chi connectivity index (χ0n) is 14.4. The quantitative estimate of drug-likeness (QED) is 0.889. The van der Waals surface area contributed by atoms with Crippen molar-refractivity contribution in [3.8, 4) is 5.75 Å². The summed E-state index contributed by atoms with van der Waals surface area (Å²) < 4.78 is 44.7. The molecule has 0 saturated heterocycles. The molecule has 1 heterocycles. The van der Waals surface area contributed by atoms with E-state index in [1.54, 1.807) is 36.4 Å². The van der Waals surface area contributed by atoms with Crippen LogP contribution in [0.5, 0.6) is 5.75 Å². The first-order valence-corrected chi connectivity index (χ1v) is 8.12. The van der Waals surface area contributed by atoms with Crippen LogP contribution in [0.15, 0.2) is 59.7 Å². The van der Waals surface area contributed by atoms with Crippen LogP contribution in [0.4, 0.5) is 13.2 Å². The van der Waals surface area contributed by atoms with Gasteiger partial charge in [0, 0.05) is 5.56 Å². The normalized spacial score (nSPS) is 19.7. The topological polar surface area (TPSA) is 62.1 Å². The Morgan fingerprint density at radius 3 is 2.56 bits per heavy atom. The van der Waals surface area contributed by atoms with E-state index in [2.05, 4.69) is 5.10 Å². The van der Waals surface area contributed by atoms with Gasteiger partial charge >= 0.3 is 6.18 Å². The van der Waals surface area contributed by atoms with E-state index in [1.807, 2.05) is 0 Å². The van der Waals surface area contributed by atoms with Crippen LogP contribution in [0.25, 0.3) is 0 Å². The Bertz CT molecular complexity index is 868. The molecule has 1 unspecified atom stereocenters. The van der Waals surface area contributed by atoms with Gasteiger partial charge in [0.25, 0.3) is 0 Å². The fourth-order valence-electron chi connectivity index (χ4n) is 2.91. The molecule has 0 spiro atoms. The lowest BCUT2D eigenvalue weighted by atomic mass is 9.96. The Balaban J connectivity index is 1.99.